The average Bonchev–Trinajstić information content (AvgIpc) is 2.94. The zero-order valence-electron chi connectivity index (χ0n) is 25.1. The molecule has 0 radical (unpaired) electrons. The fraction of sp³-hybridized carbons (Fsp3) is 0.533. The third kappa shape index (κ3) is 16.4. The molecule has 2 rings (SSSR count). The number of nitrogens with zero attached hydrogens (tertiary/aromatic N) is 3. The van der Waals surface area contributed by atoms with Gasteiger partial charge in [-0.05, 0) is 43.7 Å². The number of carboxylic acids is 2. The largest absolute Gasteiger partial charge is 0.478 e. The molecule has 1 aromatic rings. The summed E-state index contributed by atoms with van der Waals surface area (Å²) in [5.74, 6) is -2.06. The number of ether oxygens (including phenoxy) is 4. The molecule has 3 N–H and O–H groups in total. The summed E-state index contributed by atoms with van der Waals surface area (Å²) in [5, 5.41) is 21.5. The van der Waals surface area contributed by atoms with E-state index in [2.05, 4.69) is 26.7 Å². The minimum Gasteiger partial charge on any atom is -0.478 e. The summed E-state index contributed by atoms with van der Waals surface area (Å²) in [7, 11) is 0. The van der Waals surface area contributed by atoms with Crippen molar-refractivity contribution < 1.29 is 38.7 Å². The number of hydrogen-bond acceptors (Lipinski definition) is 10. The third-order valence-electron chi connectivity index (χ3n) is 6.18. The molecule has 0 bridgehead atoms. The fourth-order valence-electron chi connectivity index (χ4n) is 4.04. The summed E-state index contributed by atoms with van der Waals surface area (Å²) < 4.78 is 23.2. The molecule has 238 valence electrons. The zero-order chi connectivity index (χ0) is 31.5. The van der Waals surface area contributed by atoms with Gasteiger partial charge < -0.3 is 34.5 Å². The molecule has 13 heteroatoms. The average molecular weight is 621 g/mol. The molecule has 0 atom stereocenters. The Kier molecular flexibility index (Phi) is 17.5. The van der Waals surface area contributed by atoms with E-state index < -0.39 is 11.9 Å². The highest BCUT2D eigenvalue weighted by Gasteiger charge is 2.12. The molecule has 0 unspecified atom stereocenters. The van der Waals surface area contributed by atoms with Crippen molar-refractivity contribution in [3.63, 3.8) is 0 Å². The van der Waals surface area contributed by atoms with Crippen LogP contribution in [0, 0.1) is 0 Å². The van der Waals surface area contributed by atoms with Crippen molar-refractivity contribution in [2.75, 3.05) is 85.6 Å². The van der Waals surface area contributed by atoms with Crippen LogP contribution in [0.4, 0.5) is 0 Å². The number of aliphatic carboxylic acids is 1. The lowest BCUT2D eigenvalue weighted by Crippen LogP contribution is -2.34. The molecular formula is C30H44N4O8S. The summed E-state index contributed by atoms with van der Waals surface area (Å²) >= 11 is 5.14. The first-order valence-electron chi connectivity index (χ1n) is 14.2. The number of thiocarbonyl (C=S) groups is 1. The van der Waals surface area contributed by atoms with Gasteiger partial charge in [-0.2, -0.15) is 0 Å². The van der Waals surface area contributed by atoms with Gasteiger partial charge >= 0.3 is 11.9 Å². The molecule has 0 amide bonds. The first kappa shape index (κ1) is 36.2. The molecule has 1 fully saturated rings. The maximum absolute atomic E-state index is 11.3. The topological polar surface area (TPSA) is 143 Å². The Labute approximate surface area is 258 Å². The van der Waals surface area contributed by atoms with Gasteiger partial charge in [0.05, 0.1) is 63.5 Å². The van der Waals surface area contributed by atoms with Crippen LogP contribution in [-0.2, 0) is 30.3 Å². The van der Waals surface area contributed by atoms with Gasteiger partial charge in [0.2, 0.25) is 0 Å². The normalized spacial score (nSPS) is 18.3. The van der Waals surface area contributed by atoms with Crippen molar-refractivity contribution in [2.24, 2.45) is 0 Å². The van der Waals surface area contributed by atoms with Crippen molar-refractivity contribution in [3.8, 4) is 0 Å². The number of aromatic carboxylic acids is 1. The SMILES string of the molecule is C=C(/C=C(\C=C(/C)C(=O)O)NC(C)=S)CN1CCOCCOCCN(Cc2cccc(C(=O)O)n2)CCOCCOCC1. The highest BCUT2D eigenvalue weighted by atomic mass is 32.1. The Balaban J connectivity index is 1.91. The zero-order valence-corrected chi connectivity index (χ0v) is 25.9. The van der Waals surface area contributed by atoms with Gasteiger partial charge in [0.15, 0.2) is 0 Å². The molecule has 0 saturated carbocycles. The van der Waals surface area contributed by atoms with Crippen molar-refractivity contribution in [3.05, 3.63) is 65.2 Å². The summed E-state index contributed by atoms with van der Waals surface area (Å²) in [6.45, 7) is 14.7. The smallest absolute Gasteiger partial charge is 0.354 e. The Morgan fingerprint density at radius 2 is 1.44 bits per heavy atom. The summed E-state index contributed by atoms with van der Waals surface area (Å²) in [6, 6.07) is 4.98. The second kappa shape index (κ2) is 20.8. The van der Waals surface area contributed by atoms with E-state index in [1.54, 1.807) is 19.1 Å². The number of nitrogens with one attached hydrogen (secondary N) is 1. The van der Waals surface area contributed by atoms with E-state index in [0.29, 0.717) is 109 Å². The van der Waals surface area contributed by atoms with Crippen LogP contribution in [0.2, 0.25) is 0 Å². The highest BCUT2D eigenvalue weighted by Crippen LogP contribution is 2.08. The standard InChI is InChI=1S/C30H44N4O8S/c1-23(19-27(31-25(3)43)20-24(2)29(35)36)21-33-7-11-39-15-17-41-13-9-34(10-14-42-18-16-40-12-8-33)22-26-5-4-6-28(32-26)30(37)38/h4-6,19-20H,1,7-18,21-22H2,2-3H3,(H,31,43)(H,35,36)(H,37,38)/b24-20+,27-19+. The molecule has 0 aromatic carbocycles. The van der Waals surface area contributed by atoms with Crippen LogP contribution < -0.4 is 5.32 Å². The summed E-state index contributed by atoms with van der Waals surface area (Å²) in [4.78, 5) is 31.6. The number of rotatable bonds is 9. The van der Waals surface area contributed by atoms with E-state index in [0.717, 1.165) is 5.57 Å². The fourth-order valence-corrected chi connectivity index (χ4v) is 4.16. The van der Waals surface area contributed by atoms with Crippen LogP contribution in [0.15, 0.2) is 53.8 Å². The molecule has 0 aliphatic carbocycles. The van der Waals surface area contributed by atoms with Gasteiger partial charge in [-0.15, -0.1) is 0 Å². The molecule has 1 saturated heterocycles. The maximum atomic E-state index is 11.3. The Morgan fingerprint density at radius 3 is 1.93 bits per heavy atom. The van der Waals surface area contributed by atoms with Crippen molar-refractivity contribution in [1.82, 2.24) is 20.1 Å². The Hall–Kier alpha value is -3.04. The van der Waals surface area contributed by atoms with Crippen LogP contribution in [0.3, 0.4) is 0 Å². The quantitative estimate of drug-likeness (QED) is 0.211. The Bertz CT molecular complexity index is 1110. The molecule has 1 aromatic heterocycles. The van der Waals surface area contributed by atoms with E-state index in [-0.39, 0.29) is 11.3 Å². The van der Waals surface area contributed by atoms with Gasteiger partial charge in [-0.1, -0.05) is 24.9 Å². The van der Waals surface area contributed by atoms with Gasteiger partial charge in [-0.25, -0.2) is 14.6 Å². The molecule has 0 spiro atoms. The lowest BCUT2D eigenvalue weighted by atomic mass is 10.1. The van der Waals surface area contributed by atoms with E-state index in [4.69, 9.17) is 31.2 Å². The number of aromatic nitrogens is 1. The molecule has 1 aliphatic rings. The van der Waals surface area contributed by atoms with Gasteiger partial charge in [-0.3, -0.25) is 9.80 Å². The number of carbonyl (C=O) groups is 2. The van der Waals surface area contributed by atoms with Crippen LogP contribution in [0.25, 0.3) is 0 Å². The highest BCUT2D eigenvalue weighted by molar-refractivity contribution is 7.80. The van der Waals surface area contributed by atoms with E-state index in [1.165, 1.54) is 19.1 Å². The number of allylic oxidation sites excluding steroid dienone is 1. The number of hydrogen-bond donors (Lipinski definition) is 3. The molecule has 43 heavy (non-hydrogen) atoms. The third-order valence-corrected chi connectivity index (χ3v) is 6.28. The van der Waals surface area contributed by atoms with Gasteiger partial charge in [0, 0.05) is 50.5 Å². The van der Waals surface area contributed by atoms with Gasteiger partial charge in [0.1, 0.15) is 5.69 Å². The van der Waals surface area contributed by atoms with Crippen LogP contribution in [-0.4, -0.2) is 128 Å². The minimum atomic E-state index is -1.05. The van der Waals surface area contributed by atoms with E-state index in [1.807, 2.05) is 6.07 Å². The van der Waals surface area contributed by atoms with Crippen LogP contribution in [0.5, 0.6) is 0 Å². The molecular weight excluding hydrogens is 576 g/mol. The first-order chi connectivity index (χ1) is 20.6. The summed E-state index contributed by atoms with van der Waals surface area (Å²) in [6.07, 6.45) is 3.32. The minimum absolute atomic E-state index is 0.0194. The monoisotopic (exact) mass is 620 g/mol. The van der Waals surface area contributed by atoms with Gasteiger partial charge in [0.25, 0.3) is 0 Å². The van der Waals surface area contributed by atoms with E-state index in [9.17, 15) is 19.8 Å². The van der Waals surface area contributed by atoms with Crippen molar-refractivity contribution >= 4 is 29.1 Å². The second-order valence-electron chi connectivity index (χ2n) is 9.89. The summed E-state index contributed by atoms with van der Waals surface area (Å²) in [5.41, 5.74) is 2.21. The predicted octanol–water partition coefficient (Wildman–Crippen LogP) is 2.37. The van der Waals surface area contributed by atoms with Crippen molar-refractivity contribution in [2.45, 2.75) is 20.4 Å². The van der Waals surface area contributed by atoms with Crippen molar-refractivity contribution in [1.29, 1.82) is 0 Å². The second-order valence-corrected chi connectivity index (χ2v) is 10.5. The van der Waals surface area contributed by atoms with Crippen LogP contribution >= 0.6 is 12.2 Å². The number of pyridine rings is 1. The first-order valence-corrected chi connectivity index (χ1v) is 14.6. The Morgan fingerprint density at radius 1 is 0.907 bits per heavy atom. The lowest BCUT2D eigenvalue weighted by Gasteiger charge is -2.24. The molecule has 2 heterocycles. The lowest BCUT2D eigenvalue weighted by molar-refractivity contribution is -0.132. The number of carboxylic acid groups (broad SMARTS) is 2. The van der Waals surface area contributed by atoms with Crippen LogP contribution in [0.1, 0.15) is 30.0 Å². The maximum Gasteiger partial charge on any atom is 0.354 e. The molecule has 12 nitrogen and oxygen atoms in total. The molecule has 1 aliphatic heterocycles. The predicted molar refractivity (Wildman–Crippen MR) is 166 cm³/mol. The van der Waals surface area contributed by atoms with E-state index >= 15 is 0 Å².